The predicted molar refractivity (Wildman–Crippen MR) is 213 cm³/mol. The summed E-state index contributed by atoms with van der Waals surface area (Å²) in [4.78, 5) is 2.42. The molecule has 1 nitrogen and oxygen atoms in total. The van der Waals surface area contributed by atoms with Crippen molar-refractivity contribution in [1.82, 2.24) is 0 Å². The lowest BCUT2D eigenvalue weighted by Gasteiger charge is -2.35. The Morgan fingerprint density at radius 1 is 0.423 bits per heavy atom. The molecule has 0 unspecified atom stereocenters. The highest BCUT2D eigenvalue weighted by atomic mass is 19.1. The van der Waals surface area contributed by atoms with E-state index in [0.29, 0.717) is 0 Å². The molecule has 2 aliphatic rings. The van der Waals surface area contributed by atoms with Crippen molar-refractivity contribution in [2.45, 2.75) is 24.7 Å². The summed E-state index contributed by atoms with van der Waals surface area (Å²) < 4.78 is 15.6. The molecule has 0 heterocycles. The summed E-state index contributed by atoms with van der Waals surface area (Å²) in [5.74, 6) is -0.236. The summed E-state index contributed by atoms with van der Waals surface area (Å²) >= 11 is 0. The largest absolute Gasteiger partial charge is 0.310 e. The molecule has 0 aromatic heterocycles. The van der Waals surface area contributed by atoms with E-state index in [1.54, 1.807) is 12.1 Å². The molecule has 0 saturated carbocycles. The molecule has 8 aromatic carbocycles. The topological polar surface area (TPSA) is 3.24 Å². The fraction of sp³-hybridized carbons (Fsp3) is 0.0800. The first-order valence-corrected chi connectivity index (χ1v) is 18.0. The molecule has 10 rings (SSSR count). The number of anilines is 3. The summed E-state index contributed by atoms with van der Waals surface area (Å²) in [5, 5.41) is 2.28. The van der Waals surface area contributed by atoms with Gasteiger partial charge >= 0.3 is 0 Å². The van der Waals surface area contributed by atoms with E-state index in [0.717, 1.165) is 61.2 Å². The van der Waals surface area contributed by atoms with Crippen LogP contribution in [0.25, 0.3) is 33.0 Å². The first-order chi connectivity index (χ1) is 25.5. The van der Waals surface area contributed by atoms with Crippen molar-refractivity contribution in [2.75, 3.05) is 4.90 Å². The molecule has 0 aliphatic heterocycles. The molecule has 0 atom stereocenters. The fourth-order valence-electron chi connectivity index (χ4n) is 9.32. The van der Waals surface area contributed by atoms with Gasteiger partial charge in [0.25, 0.3) is 0 Å². The average Bonchev–Trinajstić information content (AvgIpc) is 3.61. The lowest BCUT2D eigenvalue weighted by atomic mass is 9.67. The van der Waals surface area contributed by atoms with Crippen LogP contribution in [0.5, 0.6) is 0 Å². The zero-order chi connectivity index (χ0) is 35.0. The SMILES string of the molecule is CC1(C)c2ccccc2-c2ccc(N(c3ccccc3)c3cc4c(c5ccccc35)-c3ccc(F)cc3C4(c3ccccc3)c3ccccc3)cc21. The number of nitrogens with zero attached hydrogens (tertiary/aromatic N) is 1. The molecule has 0 bridgehead atoms. The quantitative estimate of drug-likeness (QED) is 0.176. The Balaban J connectivity index is 1.32. The Morgan fingerprint density at radius 2 is 1.00 bits per heavy atom. The Labute approximate surface area is 304 Å². The summed E-state index contributed by atoms with van der Waals surface area (Å²) in [5.41, 5.74) is 14.2. The second-order valence-electron chi connectivity index (χ2n) is 14.6. The lowest BCUT2D eigenvalue weighted by molar-refractivity contribution is 0.621. The Kier molecular flexibility index (Phi) is 6.69. The van der Waals surface area contributed by atoms with Gasteiger partial charge in [-0.1, -0.05) is 153 Å². The first kappa shape index (κ1) is 30.6. The smallest absolute Gasteiger partial charge is 0.123 e. The Bertz CT molecular complexity index is 2620. The van der Waals surface area contributed by atoms with Gasteiger partial charge in [-0.2, -0.15) is 0 Å². The van der Waals surface area contributed by atoms with E-state index in [9.17, 15) is 0 Å². The van der Waals surface area contributed by atoms with Gasteiger partial charge in [-0.15, -0.1) is 0 Å². The number of para-hydroxylation sites is 1. The third-order valence-electron chi connectivity index (χ3n) is 11.6. The van der Waals surface area contributed by atoms with Gasteiger partial charge in [-0.25, -0.2) is 4.39 Å². The van der Waals surface area contributed by atoms with E-state index in [-0.39, 0.29) is 11.2 Å². The van der Waals surface area contributed by atoms with E-state index in [1.807, 2.05) is 6.07 Å². The van der Waals surface area contributed by atoms with Crippen LogP contribution in [0, 0.1) is 5.82 Å². The molecule has 0 radical (unpaired) electrons. The highest BCUT2D eigenvalue weighted by Crippen LogP contribution is 2.60. The van der Waals surface area contributed by atoms with Crippen LogP contribution in [0.4, 0.5) is 21.5 Å². The van der Waals surface area contributed by atoms with Gasteiger partial charge in [-0.3, -0.25) is 0 Å². The van der Waals surface area contributed by atoms with Crippen LogP contribution < -0.4 is 4.90 Å². The third kappa shape index (κ3) is 4.21. The van der Waals surface area contributed by atoms with Crippen molar-refractivity contribution in [3.63, 3.8) is 0 Å². The van der Waals surface area contributed by atoms with E-state index in [2.05, 4.69) is 183 Å². The second-order valence-corrected chi connectivity index (χ2v) is 14.6. The molecule has 0 saturated heterocycles. The van der Waals surface area contributed by atoms with Gasteiger partial charge in [0.1, 0.15) is 5.82 Å². The normalized spacial score (nSPS) is 14.4. The molecule has 0 N–H and O–H groups in total. The van der Waals surface area contributed by atoms with Gasteiger partial charge in [0.2, 0.25) is 0 Å². The van der Waals surface area contributed by atoms with Crippen LogP contribution >= 0.6 is 0 Å². The Hall–Kier alpha value is -6.25. The molecule has 2 aliphatic carbocycles. The number of benzene rings is 8. The van der Waals surface area contributed by atoms with E-state index >= 15 is 4.39 Å². The summed E-state index contributed by atoms with van der Waals surface area (Å²) in [6.07, 6.45) is 0. The van der Waals surface area contributed by atoms with Crippen LogP contribution in [-0.4, -0.2) is 0 Å². The maximum Gasteiger partial charge on any atom is 0.123 e. The standard InChI is InChI=1S/C50H36FN/c1-49(2)43-25-15-14-22-38(43)39-29-27-37(31-44(39)49)52(36-20-10-5-11-21-36)47-32-46-48(41-24-13-12-23-40(41)47)42-28-26-35(51)30-45(42)50(46,33-16-6-3-7-17-33)34-18-8-4-9-19-34/h3-32H,1-2H3. The lowest BCUT2D eigenvalue weighted by Crippen LogP contribution is -2.29. The summed E-state index contributed by atoms with van der Waals surface area (Å²) in [7, 11) is 0. The molecule has 0 amide bonds. The zero-order valence-corrected chi connectivity index (χ0v) is 29.1. The number of fused-ring (bicyclic) bond motifs is 8. The minimum Gasteiger partial charge on any atom is -0.310 e. The average molecular weight is 670 g/mol. The number of hydrogen-bond donors (Lipinski definition) is 0. The molecule has 0 fully saturated rings. The van der Waals surface area contributed by atoms with E-state index in [4.69, 9.17) is 0 Å². The van der Waals surface area contributed by atoms with Gasteiger partial charge in [0, 0.05) is 22.2 Å². The van der Waals surface area contributed by atoms with E-state index < -0.39 is 5.41 Å². The van der Waals surface area contributed by atoms with Crippen molar-refractivity contribution in [2.24, 2.45) is 0 Å². The fourth-order valence-corrected chi connectivity index (χ4v) is 9.32. The van der Waals surface area contributed by atoms with Gasteiger partial charge in [0.15, 0.2) is 0 Å². The molecule has 0 spiro atoms. The third-order valence-corrected chi connectivity index (χ3v) is 11.6. The highest BCUT2D eigenvalue weighted by Gasteiger charge is 2.47. The number of rotatable bonds is 5. The maximum absolute atomic E-state index is 15.6. The Morgan fingerprint density at radius 3 is 1.71 bits per heavy atom. The van der Waals surface area contributed by atoms with E-state index in [1.165, 1.54) is 22.3 Å². The summed E-state index contributed by atoms with van der Waals surface area (Å²) in [6.45, 7) is 4.67. The van der Waals surface area contributed by atoms with Crippen LogP contribution in [0.15, 0.2) is 182 Å². The minimum atomic E-state index is -0.752. The summed E-state index contributed by atoms with van der Waals surface area (Å²) in [6, 6.07) is 64.3. The first-order valence-electron chi connectivity index (χ1n) is 18.0. The van der Waals surface area contributed by atoms with Crippen LogP contribution in [-0.2, 0) is 10.8 Å². The monoisotopic (exact) mass is 669 g/mol. The second kappa shape index (κ2) is 11.4. The number of hydrogen-bond acceptors (Lipinski definition) is 1. The van der Waals surface area contributed by atoms with Gasteiger partial charge < -0.3 is 4.90 Å². The molecule has 2 heteroatoms. The van der Waals surface area contributed by atoms with Crippen LogP contribution in [0.3, 0.4) is 0 Å². The highest BCUT2D eigenvalue weighted by molar-refractivity contribution is 6.11. The molecular weight excluding hydrogens is 634 g/mol. The molecule has 52 heavy (non-hydrogen) atoms. The molecule has 8 aromatic rings. The van der Waals surface area contributed by atoms with Gasteiger partial charge in [0.05, 0.1) is 11.1 Å². The van der Waals surface area contributed by atoms with Crippen molar-refractivity contribution in [3.05, 3.63) is 221 Å². The van der Waals surface area contributed by atoms with Crippen molar-refractivity contribution in [1.29, 1.82) is 0 Å². The van der Waals surface area contributed by atoms with Crippen molar-refractivity contribution < 1.29 is 4.39 Å². The number of halogens is 1. The van der Waals surface area contributed by atoms with Crippen LogP contribution in [0.2, 0.25) is 0 Å². The molecular formula is C50H36FN. The maximum atomic E-state index is 15.6. The minimum absolute atomic E-state index is 0.147. The van der Waals surface area contributed by atoms with Gasteiger partial charge in [-0.05, 0) is 103 Å². The van der Waals surface area contributed by atoms with Crippen molar-refractivity contribution in [3.8, 4) is 22.3 Å². The van der Waals surface area contributed by atoms with Crippen LogP contribution in [0.1, 0.15) is 47.2 Å². The zero-order valence-electron chi connectivity index (χ0n) is 29.1. The molecule has 248 valence electrons. The predicted octanol–water partition coefficient (Wildman–Crippen LogP) is 13.1. The van der Waals surface area contributed by atoms with Crippen molar-refractivity contribution >= 4 is 27.8 Å².